The zero-order valence-electron chi connectivity index (χ0n) is 7.70. The molecule has 15 heavy (non-hydrogen) atoms. The second-order valence-corrected chi connectivity index (χ2v) is 3.70. The third-order valence-electron chi connectivity index (χ3n) is 1.61. The van der Waals surface area contributed by atoms with E-state index < -0.39 is 12.0 Å². The van der Waals surface area contributed by atoms with Crippen molar-refractivity contribution in [2.45, 2.75) is 12.5 Å². The third-order valence-corrected chi connectivity index (χ3v) is 2.54. The Labute approximate surface area is 89.0 Å². The number of ether oxygens (including phenoxy) is 1. The number of rotatable bonds is 5. The highest BCUT2D eigenvalue weighted by Crippen LogP contribution is 2.16. The molecular formula is C8H10F2N2O2S. The van der Waals surface area contributed by atoms with Crippen LogP contribution in [0.2, 0.25) is 0 Å². The molecule has 0 aliphatic carbocycles. The second-order valence-electron chi connectivity index (χ2n) is 2.67. The summed E-state index contributed by atoms with van der Waals surface area (Å²) in [5, 5.41) is 1.83. The topological polar surface area (TPSA) is 64.3 Å². The van der Waals surface area contributed by atoms with Crippen LogP contribution < -0.4 is 11.3 Å². The monoisotopic (exact) mass is 236 g/mol. The number of amides is 1. The Morgan fingerprint density at radius 2 is 2.40 bits per heavy atom. The number of hydrogen-bond acceptors (Lipinski definition) is 4. The summed E-state index contributed by atoms with van der Waals surface area (Å²) in [7, 11) is 0. The molecular weight excluding hydrogens is 226 g/mol. The Kier molecular flexibility index (Phi) is 4.13. The van der Waals surface area contributed by atoms with Crippen LogP contribution in [0.1, 0.15) is 4.88 Å². The molecule has 1 aromatic heterocycles. The number of hydrazine groups is 1. The zero-order valence-corrected chi connectivity index (χ0v) is 8.52. The minimum atomic E-state index is -3.87. The number of nitrogens with one attached hydrogen (secondary N) is 1. The summed E-state index contributed by atoms with van der Waals surface area (Å²) in [4.78, 5) is 11.4. The first-order chi connectivity index (χ1) is 7.06. The van der Waals surface area contributed by atoms with Gasteiger partial charge in [-0.2, -0.15) is 8.78 Å². The van der Waals surface area contributed by atoms with Crippen LogP contribution in [-0.2, 0) is 16.0 Å². The van der Waals surface area contributed by atoms with Crippen molar-refractivity contribution in [3.8, 4) is 0 Å². The Balaban J connectivity index is 2.33. The van der Waals surface area contributed by atoms with Gasteiger partial charge in [0.2, 0.25) is 0 Å². The summed E-state index contributed by atoms with van der Waals surface area (Å²) in [5.74, 6) is 2.92. The first-order valence-electron chi connectivity index (χ1n) is 4.11. The van der Waals surface area contributed by atoms with Crippen LogP contribution in [0.15, 0.2) is 17.5 Å². The van der Waals surface area contributed by atoms with Crippen LogP contribution >= 0.6 is 11.3 Å². The molecule has 1 rings (SSSR count). The predicted octanol–water partition coefficient (Wildman–Crippen LogP) is 0.890. The van der Waals surface area contributed by atoms with Gasteiger partial charge in [-0.25, -0.2) is 5.84 Å². The predicted molar refractivity (Wildman–Crippen MR) is 51.3 cm³/mol. The Hall–Kier alpha value is -1.05. The van der Waals surface area contributed by atoms with Crippen LogP contribution in [0.25, 0.3) is 0 Å². The highest BCUT2D eigenvalue weighted by Gasteiger charge is 2.39. The molecule has 1 amide bonds. The van der Waals surface area contributed by atoms with E-state index in [9.17, 15) is 13.6 Å². The molecule has 0 saturated carbocycles. The lowest BCUT2D eigenvalue weighted by Crippen LogP contribution is -2.45. The fourth-order valence-electron chi connectivity index (χ4n) is 0.884. The van der Waals surface area contributed by atoms with Crippen molar-refractivity contribution in [1.29, 1.82) is 0 Å². The molecule has 0 atom stereocenters. The molecule has 84 valence electrons. The van der Waals surface area contributed by atoms with E-state index in [1.54, 1.807) is 6.07 Å². The Morgan fingerprint density at radius 1 is 1.67 bits per heavy atom. The number of halogens is 2. The van der Waals surface area contributed by atoms with Gasteiger partial charge in [0.15, 0.2) is 0 Å². The Morgan fingerprint density at radius 3 is 2.93 bits per heavy atom. The van der Waals surface area contributed by atoms with Gasteiger partial charge in [-0.3, -0.25) is 10.2 Å². The highest BCUT2D eigenvalue weighted by atomic mass is 32.1. The average Bonchev–Trinajstić information content (AvgIpc) is 2.69. The number of thiophene rings is 1. The first-order valence-corrected chi connectivity index (χ1v) is 4.99. The van der Waals surface area contributed by atoms with E-state index in [0.29, 0.717) is 6.42 Å². The lowest BCUT2D eigenvalue weighted by molar-refractivity contribution is -0.230. The lowest BCUT2D eigenvalue weighted by atomic mass is 10.4. The summed E-state index contributed by atoms with van der Waals surface area (Å²) in [6.45, 7) is -0.235. The molecule has 3 N–H and O–H groups in total. The van der Waals surface area contributed by atoms with Crippen LogP contribution in [0.4, 0.5) is 8.78 Å². The molecule has 1 heterocycles. The smallest absolute Gasteiger partial charge is 0.312 e. The SMILES string of the molecule is NNC(=O)C(F)(F)OCCc1cccs1. The third kappa shape index (κ3) is 3.54. The molecule has 1 aromatic rings. The maximum atomic E-state index is 12.7. The number of nitrogens with two attached hydrogens (primary N) is 1. The van der Waals surface area contributed by atoms with Gasteiger partial charge in [0.05, 0.1) is 6.61 Å². The van der Waals surface area contributed by atoms with Gasteiger partial charge in [0, 0.05) is 11.3 Å². The minimum Gasteiger partial charge on any atom is -0.312 e. The van der Waals surface area contributed by atoms with Gasteiger partial charge >= 0.3 is 12.0 Å². The van der Waals surface area contributed by atoms with Gasteiger partial charge in [0.1, 0.15) is 0 Å². The number of carbonyl (C=O) groups is 1. The van der Waals surface area contributed by atoms with Crippen LogP contribution in [-0.4, -0.2) is 18.6 Å². The molecule has 0 aliphatic rings. The van der Waals surface area contributed by atoms with Crippen molar-refractivity contribution >= 4 is 17.2 Å². The summed E-state index contributed by atoms with van der Waals surface area (Å²) < 4.78 is 29.6. The standard InChI is InChI=1S/C8H10F2N2O2S/c9-8(10,7(13)12-11)14-4-3-6-2-1-5-15-6/h1-2,5H,3-4,11H2,(H,12,13). The summed E-state index contributed by atoms with van der Waals surface area (Å²) in [5.41, 5.74) is 1.34. The summed E-state index contributed by atoms with van der Waals surface area (Å²) in [6.07, 6.45) is -3.53. The fraction of sp³-hybridized carbons (Fsp3) is 0.375. The van der Waals surface area contributed by atoms with E-state index in [1.807, 2.05) is 11.4 Å². The van der Waals surface area contributed by atoms with E-state index >= 15 is 0 Å². The number of hydrogen-bond donors (Lipinski definition) is 2. The molecule has 0 bridgehead atoms. The van der Waals surface area contributed by atoms with Crippen molar-refractivity contribution in [3.63, 3.8) is 0 Å². The van der Waals surface area contributed by atoms with Crippen molar-refractivity contribution in [2.24, 2.45) is 5.84 Å². The molecule has 0 radical (unpaired) electrons. The molecule has 0 aromatic carbocycles. The Bertz CT molecular complexity index is 316. The summed E-state index contributed by atoms with van der Waals surface area (Å²) in [6, 6.07) is 3.61. The lowest BCUT2D eigenvalue weighted by Gasteiger charge is -2.13. The molecule has 0 spiro atoms. The van der Waals surface area contributed by atoms with E-state index in [4.69, 9.17) is 0 Å². The van der Waals surface area contributed by atoms with E-state index in [0.717, 1.165) is 4.88 Å². The van der Waals surface area contributed by atoms with E-state index in [2.05, 4.69) is 10.6 Å². The van der Waals surface area contributed by atoms with Crippen molar-refractivity contribution in [3.05, 3.63) is 22.4 Å². The van der Waals surface area contributed by atoms with Crippen molar-refractivity contribution in [1.82, 2.24) is 5.43 Å². The number of alkyl halides is 2. The summed E-state index contributed by atoms with van der Waals surface area (Å²) >= 11 is 1.44. The maximum Gasteiger partial charge on any atom is 0.437 e. The largest absolute Gasteiger partial charge is 0.437 e. The van der Waals surface area contributed by atoms with Crippen LogP contribution in [0, 0.1) is 0 Å². The zero-order chi connectivity index (χ0) is 11.3. The maximum absolute atomic E-state index is 12.7. The fourth-order valence-corrected chi connectivity index (χ4v) is 1.57. The van der Waals surface area contributed by atoms with Gasteiger partial charge in [0.25, 0.3) is 0 Å². The highest BCUT2D eigenvalue weighted by molar-refractivity contribution is 7.09. The molecule has 0 saturated heterocycles. The molecule has 0 aliphatic heterocycles. The van der Waals surface area contributed by atoms with Crippen molar-refractivity contribution in [2.75, 3.05) is 6.61 Å². The van der Waals surface area contributed by atoms with Crippen LogP contribution in [0.5, 0.6) is 0 Å². The quantitative estimate of drug-likeness (QED) is 0.453. The van der Waals surface area contributed by atoms with Gasteiger partial charge < -0.3 is 4.74 Å². The normalized spacial score (nSPS) is 11.4. The van der Waals surface area contributed by atoms with Crippen molar-refractivity contribution < 1.29 is 18.3 Å². The first kappa shape index (κ1) is 12.0. The van der Waals surface area contributed by atoms with Gasteiger partial charge in [-0.15, -0.1) is 11.3 Å². The second kappa shape index (κ2) is 5.15. The molecule has 7 heteroatoms. The van der Waals surface area contributed by atoms with Crippen LogP contribution in [0.3, 0.4) is 0 Å². The van der Waals surface area contributed by atoms with Gasteiger partial charge in [-0.05, 0) is 11.4 Å². The minimum absolute atomic E-state index is 0.235. The molecule has 4 nitrogen and oxygen atoms in total. The average molecular weight is 236 g/mol. The van der Waals surface area contributed by atoms with Gasteiger partial charge in [-0.1, -0.05) is 6.07 Å². The number of carbonyl (C=O) groups excluding carboxylic acids is 1. The van der Waals surface area contributed by atoms with E-state index in [1.165, 1.54) is 16.8 Å². The molecule has 0 fully saturated rings. The van der Waals surface area contributed by atoms with E-state index in [-0.39, 0.29) is 6.61 Å². The molecule has 0 unspecified atom stereocenters.